The van der Waals surface area contributed by atoms with Crippen molar-refractivity contribution in [2.45, 2.75) is 6.10 Å². The van der Waals surface area contributed by atoms with E-state index in [4.69, 9.17) is 39.5 Å². The lowest BCUT2D eigenvalue weighted by Crippen LogP contribution is -2.01. The smallest absolute Gasteiger partial charge is 0.120 e. The van der Waals surface area contributed by atoms with Crippen molar-refractivity contribution in [1.82, 2.24) is 0 Å². The molecule has 0 bridgehead atoms. The lowest BCUT2D eigenvalue weighted by molar-refractivity contribution is 0.220. The Balaban J connectivity index is 2.43. The van der Waals surface area contributed by atoms with E-state index < -0.39 is 6.10 Å². The highest BCUT2D eigenvalue weighted by molar-refractivity contribution is 6.34. The summed E-state index contributed by atoms with van der Waals surface area (Å²) >= 11 is 18.1. The number of aliphatic hydroxyl groups excluding tert-OH is 1. The minimum atomic E-state index is -0.940. The van der Waals surface area contributed by atoms with Crippen LogP contribution in [-0.4, -0.2) is 12.2 Å². The van der Waals surface area contributed by atoms with E-state index in [1.807, 2.05) is 0 Å². The van der Waals surface area contributed by atoms with Gasteiger partial charge >= 0.3 is 0 Å². The third kappa shape index (κ3) is 3.15. The molecule has 0 fully saturated rings. The Morgan fingerprint density at radius 2 is 1.68 bits per heavy atom. The zero-order valence-electron chi connectivity index (χ0n) is 10.0. The quantitative estimate of drug-likeness (QED) is 0.886. The molecule has 0 aromatic heterocycles. The molecule has 0 heterocycles. The maximum Gasteiger partial charge on any atom is 0.120 e. The molecule has 1 unspecified atom stereocenters. The fourth-order valence-electron chi connectivity index (χ4n) is 1.75. The molecule has 2 nitrogen and oxygen atoms in total. The minimum Gasteiger partial charge on any atom is -0.497 e. The average Bonchev–Trinajstić information content (AvgIpc) is 2.40. The van der Waals surface area contributed by atoms with E-state index in [1.165, 1.54) is 0 Å². The van der Waals surface area contributed by atoms with Crippen LogP contribution in [0.4, 0.5) is 0 Å². The third-order valence-electron chi connectivity index (χ3n) is 2.75. The molecular formula is C14H11Cl3O2. The fourth-order valence-corrected chi connectivity index (χ4v) is 2.42. The molecule has 2 rings (SSSR count). The third-order valence-corrected chi connectivity index (χ3v) is 3.66. The van der Waals surface area contributed by atoms with E-state index in [0.29, 0.717) is 31.9 Å². The molecule has 2 aromatic rings. The highest BCUT2D eigenvalue weighted by Gasteiger charge is 2.17. The van der Waals surface area contributed by atoms with Crippen LogP contribution in [-0.2, 0) is 0 Å². The van der Waals surface area contributed by atoms with E-state index in [2.05, 4.69) is 0 Å². The number of rotatable bonds is 3. The van der Waals surface area contributed by atoms with Gasteiger partial charge in [-0.05, 0) is 30.3 Å². The number of methoxy groups -OCH3 is 1. The van der Waals surface area contributed by atoms with E-state index in [0.717, 1.165) is 0 Å². The van der Waals surface area contributed by atoms with Gasteiger partial charge in [0.25, 0.3) is 0 Å². The van der Waals surface area contributed by atoms with Crippen LogP contribution in [0.1, 0.15) is 17.2 Å². The van der Waals surface area contributed by atoms with Crippen LogP contribution in [0.3, 0.4) is 0 Å². The van der Waals surface area contributed by atoms with Gasteiger partial charge in [-0.25, -0.2) is 0 Å². The molecule has 0 saturated carbocycles. The summed E-state index contributed by atoms with van der Waals surface area (Å²) in [4.78, 5) is 0. The summed E-state index contributed by atoms with van der Waals surface area (Å²) in [5.74, 6) is 0.623. The zero-order chi connectivity index (χ0) is 14.0. The van der Waals surface area contributed by atoms with Gasteiger partial charge < -0.3 is 9.84 Å². The van der Waals surface area contributed by atoms with E-state index in [-0.39, 0.29) is 0 Å². The van der Waals surface area contributed by atoms with Crippen LogP contribution >= 0.6 is 34.8 Å². The summed E-state index contributed by atoms with van der Waals surface area (Å²) < 4.78 is 5.07. The summed E-state index contributed by atoms with van der Waals surface area (Å²) in [5, 5.41) is 11.7. The second-order valence-electron chi connectivity index (χ2n) is 3.96. The van der Waals surface area contributed by atoms with Crippen LogP contribution in [0, 0.1) is 0 Å². The highest BCUT2D eigenvalue weighted by atomic mass is 35.5. The minimum absolute atomic E-state index is 0.405. The lowest BCUT2D eigenvalue weighted by atomic mass is 10.0. The van der Waals surface area contributed by atoms with Crippen LogP contribution < -0.4 is 4.74 Å². The van der Waals surface area contributed by atoms with E-state index in [1.54, 1.807) is 43.5 Å². The van der Waals surface area contributed by atoms with Crippen LogP contribution in [0.2, 0.25) is 15.1 Å². The normalized spacial score (nSPS) is 12.3. The second-order valence-corrected chi connectivity index (χ2v) is 5.21. The molecule has 0 aliphatic carbocycles. The Hall–Kier alpha value is -0.930. The molecule has 0 radical (unpaired) electrons. The molecule has 0 aliphatic rings. The second kappa shape index (κ2) is 6.02. The van der Waals surface area contributed by atoms with E-state index >= 15 is 0 Å². The summed E-state index contributed by atoms with van der Waals surface area (Å²) in [7, 11) is 1.55. The molecule has 1 N–H and O–H groups in total. The summed E-state index contributed by atoms with van der Waals surface area (Å²) in [6, 6.07) is 9.98. The maximum absolute atomic E-state index is 10.4. The predicted molar refractivity (Wildman–Crippen MR) is 78.5 cm³/mol. The average molecular weight is 318 g/mol. The summed E-state index contributed by atoms with van der Waals surface area (Å²) in [5.41, 5.74) is 1.06. The Kier molecular flexibility index (Phi) is 4.58. The van der Waals surface area contributed by atoms with Gasteiger partial charge in [-0.2, -0.15) is 0 Å². The Morgan fingerprint density at radius 1 is 0.947 bits per heavy atom. The molecule has 1 atom stereocenters. The van der Waals surface area contributed by atoms with Crippen molar-refractivity contribution in [2.75, 3.05) is 7.11 Å². The van der Waals surface area contributed by atoms with E-state index in [9.17, 15) is 5.11 Å². The van der Waals surface area contributed by atoms with Gasteiger partial charge in [0.1, 0.15) is 11.9 Å². The number of ether oxygens (including phenoxy) is 1. The van der Waals surface area contributed by atoms with Crippen molar-refractivity contribution in [1.29, 1.82) is 0 Å². The number of hydrogen-bond donors (Lipinski definition) is 1. The van der Waals surface area contributed by atoms with Gasteiger partial charge in [0.05, 0.1) is 12.1 Å². The Bertz CT molecular complexity index is 599. The van der Waals surface area contributed by atoms with Crippen LogP contribution in [0.5, 0.6) is 5.75 Å². The SMILES string of the molecule is COc1ccc(C(O)c2cc(Cl)ccc2Cl)c(Cl)c1. The molecule has 5 heteroatoms. The first-order valence-corrected chi connectivity index (χ1v) is 6.62. The topological polar surface area (TPSA) is 29.5 Å². The van der Waals surface area contributed by atoms with Crippen molar-refractivity contribution in [3.63, 3.8) is 0 Å². The number of benzene rings is 2. The summed E-state index contributed by atoms with van der Waals surface area (Å²) in [6.07, 6.45) is -0.940. The van der Waals surface area contributed by atoms with Gasteiger partial charge in [0.2, 0.25) is 0 Å². The van der Waals surface area contributed by atoms with Crippen molar-refractivity contribution in [3.8, 4) is 5.75 Å². The first kappa shape index (κ1) is 14.5. The van der Waals surface area contributed by atoms with Crippen LogP contribution in [0.25, 0.3) is 0 Å². The molecule has 0 saturated heterocycles. The van der Waals surface area contributed by atoms with Crippen molar-refractivity contribution >= 4 is 34.8 Å². The van der Waals surface area contributed by atoms with Gasteiger partial charge in [-0.15, -0.1) is 0 Å². The van der Waals surface area contributed by atoms with Gasteiger partial charge in [-0.3, -0.25) is 0 Å². The number of aliphatic hydroxyl groups is 1. The Labute approximate surface area is 126 Å². The van der Waals surface area contributed by atoms with Gasteiger partial charge in [0.15, 0.2) is 0 Å². The van der Waals surface area contributed by atoms with Crippen molar-refractivity contribution < 1.29 is 9.84 Å². The van der Waals surface area contributed by atoms with Gasteiger partial charge in [-0.1, -0.05) is 40.9 Å². The standard InChI is InChI=1S/C14H11Cl3O2/c1-19-9-3-4-10(13(17)7-9)14(18)11-6-8(15)2-5-12(11)16/h2-7,14,18H,1H3. The largest absolute Gasteiger partial charge is 0.497 e. The number of hydrogen-bond acceptors (Lipinski definition) is 2. The van der Waals surface area contributed by atoms with Crippen LogP contribution in [0.15, 0.2) is 36.4 Å². The van der Waals surface area contributed by atoms with Gasteiger partial charge in [0, 0.05) is 21.2 Å². The Morgan fingerprint density at radius 3 is 2.32 bits per heavy atom. The first-order valence-electron chi connectivity index (χ1n) is 5.49. The van der Waals surface area contributed by atoms with Crippen molar-refractivity contribution in [2.24, 2.45) is 0 Å². The predicted octanol–water partition coefficient (Wildman–Crippen LogP) is 4.74. The number of halogens is 3. The molecule has 19 heavy (non-hydrogen) atoms. The molecule has 0 aliphatic heterocycles. The fraction of sp³-hybridized carbons (Fsp3) is 0.143. The molecule has 2 aromatic carbocycles. The zero-order valence-corrected chi connectivity index (χ0v) is 12.3. The first-order chi connectivity index (χ1) is 9.02. The molecule has 0 amide bonds. The maximum atomic E-state index is 10.4. The summed E-state index contributed by atoms with van der Waals surface area (Å²) in [6.45, 7) is 0. The monoisotopic (exact) mass is 316 g/mol. The molecule has 100 valence electrons. The van der Waals surface area contributed by atoms with Crippen molar-refractivity contribution in [3.05, 3.63) is 62.6 Å². The lowest BCUT2D eigenvalue weighted by Gasteiger charge is -2.15. The molecule has 0 spiro atoms. The molecular weight excluding hydrogens is 307 g/mol. The highest BCUT2D eigenvalue weighted by Crippen LogP contribution is 2.35.